The average Bonchev–Trinajstić information content (AvgIpc) is 2.93. The third-order valence-electron chi connectivity index (χ3n) is 6.35. The van der Waals surface area contributed by atoms with Crippen molar-refractivity contribution >= 4 is 49.9 Å². The fourth-order valence-corrected chi connectivity index (χ4v) is 5.56. The Morgan fingerprint density at radius 1 is 0.771 bits per heavy atom. The first-order valence-corrected chi connectivity index (χ1v) is 12.7. The van der Waals surface area contributed by atoms with Crippen LogP contribution in [0.1, 0.15) is 11.1 Å². The lowest BCUT2D eigenvalue weighted by Gasteiger charge is -2.22. The van der Waals surface area contributed by atoms with Crippen LogP contribution in [0.3, 0.4) is 0 Å². The predicted octanol–water partition coefficient (Wildman–Crippen LogP) is 7.11. The lowest BCUT2D eigenvalue weighted by atomic mass is 9.96. The van der Waals surface area contributed by atoms with Gasteiger partial charge >= 0.3 is 0 Å². The maximum Gasteiger partial charge on any atom is 0.140 e. The Balaban J connectivity index is 1.42. The standard InChI is InChI=1S/C30H25N3OS/c1-33(2)24-13-11-22(12-14-24)30-29(34-17-18-35-30)21-9-7-20(8-10-21)26-19-23-5-3-15-31-27(23)28-25(26)6-4-16-32-28/h3-16,19H,17-18H2,1-2H3. The summed E-state index contributed by atoms with van der Waals surface area (Å²) in [5, 5.41) is 2.20. The predicted molar refractivity (Wildman–Crippen MR) is 148 cm³/mol. The molecule has 0 aliphatic carbocycles. The summed E-state index contributed by atoms with van der Waals surface area (Å²) in [6.07, 6.45) is 3.66. The Kier molecular flexibility index (Phi) is 5.63. The molecular formula is C30H25N3OS. The largest absolute Gasteiger partial charge is 0.491 e. The van der Waals surface area contributed by atoms with Crippen molar-refractivity contribution in [2.75, 3.05) is 31.4 Å². The minimum Gasteiger partial charge on any atom is -0.491 e. The number of rotatable bonds is 4. The SMILES string of the molecule is CN(C)c1ccc(C2=C(c3ccc(-c4cc5cccnc5c5ncccc45)cc3)OCCS2)cc1. The van der Waals surface area contributed by atoms with E-state index in [0.29, 0.717) is 0 Å². The van der Waals surface area contributed by atoms with Gasteiger partial charge in [-0.05, 0) is 47.0 Å². The van der Waals surface area contributed by atoms with Crippen molar-refractivity contribution in [2.24, 2.45) is 0 Å². The van der Waals surface area contributed by atoms with Crippen molar-refractivity contribution in [3.63, 3.8) is 0 Å². The van der Waals surface area contributed by atoms with Crippen LogP contribution in [0, 0.1) is 0 Å². The first-order chi connectivity index (χ1) is 17.2. The van der Waals surface area contributed by atoms with Gasteiger partial charge in [0, 0.05) is 54.3 Å². The maximum atomic E-state index is 6.21. The molecule has 0 unspecified atom stereocenters. The number of hydrogen-bond acceptors (Lipinski definition) is 5. The van der Waals surface area contributed by atoms with Crippen molar-refractivity contribution < 1.29 is 4.74 Å². The number of fused-ring (bicyclic) bond motifs is 3. The Bertz CT molecular complexity index is 1560. The fraction of sp³-hybridized carbons (Fsp3) is 0.133. The van der Waals surface area contributed by atoms with Gasteiger partial charge in [0.2, 0.25) is 0 Å². The number of anilines is 1. The summed E-state index contributed by atoms with van der Waals surface area (Å²) in [7, 11) is 4.12. The van der Waals surface area contributed by atoms with Crippen LogP contribution >= 0.6 is 11.8 Å². The van der Waals surface area contributed by atoms with E-state index in [1.54, 1.807) is 0 Å². The first kappa shape index (κ1) is 21.7. The topological polar surface area (TPSA) is 38.2 Å². The van der Waals surface area contributed by atoms with E-state index in [1.807, 2.05) is 36.3 Å². The summed E-state index contributed by atoms with van der Waals surface area (Å²) in [5.41, 5.74) is 7.66. The van der Waals surface area contributed by atoms with Gasteiger partial charge in [-0.1, -0.05) is 48.5 Å². The summed E-state index contributed by atoms with van der Waals surface area (Å²) in [6, 6.07) is 27.8. The molecule has 0 fully saturated rings. The minimum absolute atomic E-state index is 0.717. The Morgan fingerprint density at radius 2 is 1.46 bits per heavy atom. The molecule has 0 atom stereocenters. The molecule has 35 heavy (non-hydrogen) atoms. The molecule has 6 rings (SSSR count). The van der Waals surface area contributed by atoms with Crippen LogP contribution < -0.4 is 4.90 Å². The van der Waals surface area contributed by atoms with Crippen molar-refractivity contribution in [1.82, 2.24) is 9.97 Å². The van der Waals surface area contributed by atoms with E-state index in [4.69, 9.17) is 4.74 Å². The molecule has 0 N–H and O–H groups in total. The summed E-state index contributed by atoms with van der Waals surface area (Å²) in [4.78, 5) is 12.5. The second kappa shape index (κ2) is 9.08. The molecule has 4 nitrogen and oxygen atoms in total. The van der Waals surface area contributed by atoms with Gasteiger partial charge in [0.25, 0.3) is 0 Å². The molecule has 172 valence electrons. The van der Waals surface area contributed by atoms with Gasteiger partial charge in [-0.3, -0.25) is 9.97 Å². The van der Waals surface area contributed by atoms with E-state index < -0.39 is 0 Å². The number of nitrogens with zero attached hydrogens (tertiary/aromatic N) is 3. The molecule has 5 heteroatoms. The van der Waals surface area contributed by atoms with Crippen LogP contribution in [0.2, 0.25) is 0 Å². The van der Waals surface area contributed by atoms with Gasteiger partial charge in [0.1, 0.15) is 5.76 Å². The van der Waals surface area contributed by atoms with Crippen LogP contribution in [0.4, 0.5) is 5.69 Å². The number of hydrogen-bond donors (Lipinski definition) is 0. The molecule has 0 bridgehead atoms. The van der Waals surface area contributed by atoms with Crippen molar-refractivity contribution in [1.29, 1.82) is 0 Å². The van der Waals surface area contributed by atoms with E-state index in [0.717, 1.165) is 56.6 Å². The molecule has 3 heterocycles. The highest BCUT2D eigenvalue weighted by Gasteiger charge is 2.19. The second-order valence-electron chi connectivity index (χ2n) is 8.77. The Hall–Kier alpha value is -3.83. The zero-order valence-corrected chi connectivity index (χ0v) is 20.5. The van der Waals surface area contributed by atoms with Crippen LogP contribution in [-0.4, -0.2) is 36.4 Å². The van der Waals surface area contributed by atoms with E-state index >= 15 is 0 Å². The van der Waals surface area contributed by atoms with E-state index in [9.17, 15) is 0 Å². The average molecular weight is 476 g/mol. The summed E-state index contributed by atoms with van der Waals surface area (Å²) < 4.78 is 6.21. The van der Waals surface area contributed by atoms with Crippen molar-refractivity contribution in [3.8, 4) is 11.1 Å². The normalized spacial score (nSPS) is 13.8. The molecule has 1 aliphatic heterocycles. The summed E-state index contributed by atoms with van der Waals surface area (Å²) >= 11 is 1.86. The van der Waals surface area contributed by atoms with Crippen LogP contribution in [0.5, 0.6) is 0 Å². The Morgan fingerprint density at radius 3 is 2.23 bits per heavy atom. The second-order valence-corrected chi connectivity index (χ2v) is 9.88. The van der Waals surface area contributed by atoms with Crippen molar-refractivity contribution in [2.45, 2.75) is 0 Å². The number of pyridine rings is 2. The number of aromatic nitrogens is 2. The van der Waals surface area contributed by atoms with E-state index in [-0.39, 0.29) is 0 Å². The van der Waals surface area contributed by atoms with Gasteiger partial charge in [0.05, 0.1) is 22.5 Å². The lowest BCUT2D eigenvalue weighted by molar-refractivity contribution is 0.301. The van der Waals surface area contributed by atoms with Gasteiger partial charge in [-0.15, -0.1) is 11.8 Å². The molecular weight excluding hydrogens is 450 g/mol. The van der Waals surface area contributed by atoms with Crippen LogP contribution in [0.25, 0.3) is 43.6 Å². The quantitative estimate of drug-likeness (QED) is 0.259. The number of thioether (sulfide) groups is 1. The van der Waals surface area contributed by atoms with E-state index in [1.165, 1.54) is 16.2 Å². The zero-order chi connectivity index (χ0) is 23.8. The zero-order valence-electron chi connectivity index (χ0n) is 19.7. The highest BCUT2D eigenvalue weighted by atomic mass is 32.2. The third-order valence-corrected chi connectivity index (χ3v) is 7.43. The molecule has 0 radical (unpaired) electrons. The summed E-state index contributed by atoms with van der Waals surface area (Å²) in [5.74, 6) is 1.91. The minimum atomic E-state index is 0.717. The van der Waals surface area contributed by atoms with Crippen LogP contribution in [0.15, 0.2) is 91.3 Å². The third kappa shape index (κ3) is 4.02. The Labute approximate surface area is 209 Å². The molecule has 0 spiro atoms. The van der Waals surface area contributed by atoms with E-state index in [2.05, 4.69) is 95.7 Å². The maximum absolute atomic E-state index is 6.21. The van der Waals surface area contributed by atoms with Gasteiger partial charge in [-0.2, -0.15) is 0 Å². The van der Waals surface area contributed by atoms with Crippen molar-refractivity contribution in [3.05, 3.63) is 102 Å². The molecule has 0 saturated carbocycles. The number of benzene rings is 3. The number of ether oxygens (including phenoxy) is 1. The molecule has 5 aromatic rings. The molecule has 2 aromatic heterocycles. The highest BCUT2D eigenvalue weighted by Crippen LogP contribution is 2.40. The first-order valence-electron chi connectivity index (χ1n) is 11.7. The molecule has 3 aromatic carbocycles. The molecule has 0 saturated heterocycles. The lowest BCUT2D eigenvalue weighted by Crippen LogP contribution is -2.09. The monoisotopic (exact) mass is 475 g/mol. The van der Waals surface area contributed by atoms with Gasteiger partial charge in [0.15, 0.2) is 0 Å². The molecule has 0 amide bonds. The van der Waals surface area contributed by atoms with Gasteiger partial charge < -0.3 is 9.64 Å². The molecule has 1 aliphatic rings. The smallest absolute Gasteiger partial charge is 0.140 e. The fourth-order valence-electron chi connectivity index (χ4n) is 4.58. The highest BCUT2D eigenvalue weighted by molar-refractivity contribution is 8.08. The summed E-state index contributed by atoms with van der Waals surface area (Å²) in [6.45, 7) is 0.717. The van der Waals surface area contributed by atoms with Crippen LogP contribution in [-0.2, 0) is 4.74 Å². The van der Waals surface area contributed by atoms with Gasteiger partial charge in [-0.25, -0.2) is 0 Å².